The molecule has 0 spiro atoms. The first kappa shape index (κ1) is 24.7. The van der Waals surface area contributed by atoms with E-state index in [1.165, 1.54) is 5.56 Å². The number of hydrogen-bond acceptors (Lipinski definition) is 4. The number of hydrogen-bond donors (Lipinski definition) is 0. The largest absolute Gasteiger partial charge is 0.469 e. The van der Waals surface area contributed by atoms with Crippen molar-refractivity contribution in [1.82, 2.24) is 9.80 Å². The highest BCUT2D eigenvalue weighted by Gasteiger charge is 2.35. The highest BCUT2D eigenvalue weighted by Crippen LogP contribution is 2.30. The van der Waals surface area contributed by atoms with Crippen LogP contribution >= 0.6 is 0 Å². The van der Waals surface area contributed by atoms with Crippen LogP contribution in [0.15, 0.2) is 77.4 Å². The van der Waals surface area contributed by atoms with Crippen molar-refractivity contribution in [2.24, 2.45) is 5.92 Å². The number of methoxy groups -OCH3 is 1. The fourth-order valence-electron chi connectivity index (χ4n) is 5.10. The molecule has 6 heteroatoms. The quantitative estimate of drug-likeness (QED) is 0.466. The van der Waals surface area contributed by atoms with Crippen LogP contribution in [0.5, 0.6) is 0 Å². The van der Waals surface area contributed by atoms with E-state index in [4.69, 9.17) is 9.15 Å². The Hall–Kier alpha value is -3.38. The average molecular weight is 475 g/mol. The summed E-state index contributed by atoms with van der Waals surface area (Å²) in [4.78, 5) is 30.4. The van der Waals surface area contributed by atoms with Crippen molar-refractivity contribution >= 4 is 11.8 Å². The van der Waals surface area contributed by atoms with E-state index < -0.39 is 6.10 Å². The van der Waals surface area contributed by atoms with Crippen LogP contribution in [0.4, 0.5) is 0 Å². The molecule has 1 fully saturated rings. The number of piperidine rings is 1. The van der Waals surface area contributed by atoms with Crippen LogP contribution in [-0.4, -0.2) is 54.9 Å². The molecular weight excluding hydrogens is 440 g/mol. The number of amides is 2. The molecule has 3 aromatic rings. The average Bonchev–Trinajstić information content (AvgIpc) is 3.34. The van der Waals surface area contributed by atoms with Crippen molar-refractivity contribution in [3.63, 3.8) is 0 Å². The lowest BCUT2D eigenvalue weighted by Crippen LogP contribution is -2.49. The molecule has 184 valence electrons. The van der Waals surface area contributed by atoms with Gasteiger partial charge in [-0.3, -0.25) is 9.59 Å². The topological polar surface area (TPSA) is 63.0 Å². The van der Waals surface area contributed by atoms with Gasteiger partial charge < -0.3 is 19.0 Å². The van der Waals surface area contributed by atoms with E-state index in [-0.39, 0.29) is 23.8 Å². The first-order chi connectivity index (χ1) is 17.0. The molecule has 0 aliphatic carbocycles. The summed E-state index contributed by atoms with van der Waals surface area (Å²) in [5.41, 5.74) is 2.66. The zero-order valence-electron chi connectivity index (χ0n) is 20.7. The lowest BCUT2D eigenvalue weighted by molar-refractivity contribution is -0.144. The predicted molar refractivity (Wildman–Crippen MR) is 135 cm³/mol. The van der Waals surface area contributed by atoms with E-state index in [0.29, 0.717) is 24.4 Å². The van der Waals surface area contributed by atoms with Crippen molar-refractivity contribution in [2.75, 3.05) is 27.2 Å². The monoisotopic (exact) mass is 474 g/mol. The molecule has 2 aromatic carbocycles. The summed E-state index contributed by atoms with van der Waals surface area (Å²) in [7, 11) is 3.47. The van der Waals surface area contributed by atoms with Crippen molar-refractivity contribution in [2.45, 2.75) is 38.3 Å². The Labute approximate surface area is 207 Å². The van der Waals surface area contributed by atoms with Crippen LogP contribution in [-0.2, 0) is 16.0 Å². The maximum Gasteiger partial charge on any atom is 0.257 e. The molecule has 1 aliphatic heterocycles. The number of carbonyl (C=O) groups excluding carboxylic acids is 2. The van der Waals surface area contributed by atoms with Gasteiger partial charge in [0.2, 0.25) is 0 Å². The Kier molecular flexibility index (Phi) is 8.03. The highest BCUT2D eigenvalue weighted by molar-refractivity contribution is 5.95. The van der Waals surface area contributed by atoms with Gasteiger partial charge in [0.15, 0.2) is 6.10 Å². The molecule has 0 unspecified atom stereocenters. The Bertz CT molecular complexity index is 1100. The van der Waals surface area contributed by atoms with E-state index >= 15 is 0 Å². The van der Waals surface area contributed by atoms with Crippen LogP contribution in [0.1, 0.15) is 46.2 Å². The zero-order chi connectivity index (χ0) is 24.8. The number of benzene rings is 2. The molecular formula is C29H34N2O4. The van der Waals surface area contributed by atoms with E-state index in [0.717, 1.165) is 24.8 Å². The second-order valence-electron chi connectivity index (χ2n) is 9.25. The Morgan fingerprint density at radius 1 is 1.03 bits per heavy atom. The first-order valence-electron chi connectivity index (χ1n) is 12.2. The third-order valence-electron chi connectivity index (χ3n) is 7.15. The van der Waals surface area contributed by atoms with Gasteiger partial charge in [0, 0.05) is 33.3 Å². The summed E-state index contributed by atoms with van der Waals surface area (Å²) in [6.45, 7) is 3.11. The zero-order valence-corrected chi connectivity index (χ0v) is 20.7. The second-order valence-corrected chi connectivity index (χ2v) is 9.25. The van der Waals surface area contributed by atoms with Crippen LogP contribution in [0, 0.1) is 12.8 Å². The summed E-state index contributed by atoms with van der Waals surface area (Å²) < 4.78 is 11.0. The molecule has 0 radical (unpaired) electrons. The molecule has 0 N–H and O–H groups in total. The number of likely N-dealkylation sites (N-methyl/N-ethyl adjacent to an activating group) is 1. The standard InChI is InChI=1S/C29H34N2O4/c1-21-25(16-19-35-21)28(32)30(2)26(20-22-10-6-4-7-11-22)23-14-17-31(18-15-23)29(33)27(34-3)24-12-8-5-9-13-24/h4-13,16,19,23,26-27H,14-15,17-18,20H2,1-3H3/t26-,27+/m1/s1. The Balaban J connectivity index is 1.48. The molecule has 1 saturated heterocycles. The number of likely N-dealkylation sites (tertiary alicyclic amines) is 1. The van der Waals surface area contributed by atoms with Gasteiger partial charge in [0.1, 0.15) is 5.76 Å². The van der Waals surface area contributed by atoms with Gasteiger partial charge >= 0.3 is 0 Å². The van der Waals surface area contributed by atoms with E-state index in [1.54, 1.807) is 19.4 Å². The summed E-state index contributed by atoms with van der Waals surface area (Å²) in [5.74, 6) is 0.875. The molecule has 1 aromatic heterocycles. The molecule has 2 amide bonds. The van der Waals surface area contributed by atoms with Crippen molar-refractivity contribution in [3.05, 3.63) is 95.4 Å². The fraction of sp³-hybridized carbons (Fsp3) is 0.379. The molecule has 4 rings (SSSR count). The number of nitrogens with zero attached hydrogens (tertiary/aromatic N) is 2. The van der Waals surface area contributed by atoms with Gasteiger partial charge in [0.05, 0.1) is 11.8 Å². The van der Waals surface area contributed by atoms with Crippen LogP contribution in [0.2, 0.25) is 0 Å². The maximum atomic E-state index is 13.3. The third kappa shape index (κ3) is 5.65. The minimum absolute atomic E-state index is 0.00443. The molecule has 35 heavy (non-hydrogen) atoms. The SMILES string of the molecule is CO[C@H](C(=O)N1CCC([C@@H](Cc2ccccc2)N(C)C(=O)c2ccoc2C)CC1)c1ccccc1. The normalized spacial score (nSPS) is 16.0. The fourth-order valence-corrected chi connectivity index (χ4v) is 5.10. The minimum atomic E-state index is -0.596. The van der Waals surface area contributed by atoms with Crippen molar-refractivity contribution in [1.29, 1.82) is 0 Å². The van der Waals surface area contributed by atoms with E-state index in [9.17, 15) is 9.59 Å². The number of carbonyl (C=O) groups is 2. The van der Waals surface area contributed by atoms with Crippen molar-refractivity contribution in [3.8, 4) is 0 Å². The summed E-state index contributed by atoms with van der Waals surface area (Å²) in [6, 6.07) is 21.7. The summed E-state index contributed by atoms with van der Waals surface area (Å²) in [5, 5.41) is 0. The number of aryl methyl sites for hydroxylation is 1. The van der Waals surface area contributed by atoms with E-state index in [2.05, 4.69) is 12.1 Å². The van der Waals surface area contributed by atoms with Crippen molar-refractivity contribution < 1.29 is 18.7 Å². The molecule has 0 bridgehead atoms. The Morgan fingerprint density at radius 3 is 2.23 bits per heavy atom. The maximum absolute atomic E-state index is 13.3. The summed E-state index contributed by atoms with van der Waals surface area (Å²) in [6.07, 6.45) is 3.39. The highest BCUT2D eigenvalue weighted by atomic mass is 16.5. The van der Waals surface area contributed by atoms with Crippen LogP contribution in [0.3, 0.4) is 0 Å². The van der Waals surface area contributed by atoms with Gasteiger partial charge in [-0.2, -0.15) is 0 Å². The smallest absolute Gasteiger partial charge is 0.257 e. The summed E-state index contributed by atoms with van der Waals surface area (Å²) >= 11 is 0. The Morgan fingerprint density at radius 2 is 1.66 bits per heavy atom. The number of furan rings is 1. The van der Waals surface area contributed by atoms with Crippen LogP contribution in [0.25, 0.3) is 0 Å². The molecule has 2 heterocycles. The second kappa shape index (κ2) is 11.4. The lowest BCUT2D eigenvalue weighted by Gasteiger charge is -2.40. The minimum Gasteiger partial charge on any atom is -0.469 e. The molecule has 1 aliphatic rings. The third-order valence-corrected chi connectivity index (χ3v) is 7.15. The van der Waals surface area contributed by atoms with Crippen LogP contribution < -0.4 is 0 Å². The van der Waals surface area contributed by atoms with Gasteiger partial charge in [-0.1, -0.05) is 60.7 Å². The predicted octanol–water partition coefficient (Wildman–Crippen LogP) is 4.90. The van der Waals surface area contributed by atoms with Gasteiger partial charge in [-0.15, -0.1) is 0 Å². The van der Waals surface area contributed by atoms with Gasteiger partial charge in [-0.05, 0) is 49.3 Å². The molecule has 6 nitrogen and oxygen atoms in total. The number of ether oxygens (including phenoxy) is 1. The number of rotatable bonds is 8. The van der Waals surface area contributed by atoms with Gasteiger partial charge in [0.25, 0.3) is 11.8 Å². The lowest BCUT2D eigenvalue weighted by atomic mass is 9.84. The van der Waals surface area contributed by atoms with E-state index in [1.807, 2.05) is 72.3 Å². The molecule has 2 atom stereocenters. The van der Waals surface area contributed by atoms with Gasteiger partial charge in [-0.25, -0.2) is 0 Å². The first-order valence-corrected chi connectivity index (χ1v) is 12.2. The molecule has 0 saturated carbocycles.